The third kappa shape index (κ3) is 6.42. The van der Waals surface area contributed by atoms with Gasteiger partial charge < -0.3 is 19.3 Å². The molecule has 0 bridgehead atoms. The molecule has 172 valence electrons. The summed E-state index contributed by atoms with van der Waals surface area (Å²) in [5, 5.41) is 7.00. The fourth-order valence-electron chi connectivity index (χ4n) is 2.92. The van der Waals surface area contributed by atoms with Gasteiger partial charge in [0.1, 0.15) is 24.1 Å². The monoisotopic (exact) mass is 442 g/mol. The lowest BCUT2D eigenvalue weighted by Gasteiger charge is -2.16. The standard InChI is InChI=1S/C23H26N2O5.CH4O/c1-6-17-13-25(19-12-7-15(2)29-19)22(27)24-20(17)28-14-16-8-10-18(11-9-16)30-21(26)23(3,4)5;1-2/h1,8-11,13,15,19H,7,12,14H2,2-5H3;2H,1H3. The van der Waals surface area contributed by atoms with E-state index in [1.165, 1.54) is 4.57 Å². The highest BCUT2D eigenvalue weighted by Crippen LogP contribution is 2.27. The van der Waals surface area contributed by atoms with E-state index < -0.39 is 11.1 Å². The smallest absolute Gasteiger partial charge is 0.353 e. The minimum absolute atomic E-state index is 0.0951. The molecule has 2 atom stereocenters. The molecule has 8 heteroatoms. The molecule has 1 fully saturated rings. The topological polar surface area (TPSA) is 99.9 Å². The van der Waals surface area contributed by atoms with Crippen molar-refractivity contribution < 1.29 is 24.1 Å². The van der Waals surface area contributed by atoms with E-state index in [0.717, 1.165) is 25.5 Å². The molecule has 0 aliphatic carbocycles. The molecule has 32 heavy (non-hydrogen) atoms. The number of rotatable bonds is 5. The summed E-state index contributed by atoms with van der Waals surface area (Å²) < 4.78 is 18.2. The maximum atomic E-state index is 12.4. The summed E-state index contributed by atoms with van der Waals surface area (Å²) in [5.41, 5.74) is 0.148. The average molecular weight is 443 g/mol. The molecular formula is C24H30N2O6. The molecule has 0 spiro atoms. The van der Waals surface area contributed by atoms with E-state index in [-0.39, 0.29) is 30.8 Å². The average Bonchev–Trinajstić information content (AvgIpc) is 3.20. The van der Waals surface area contributed by atoms with Crippen LogP contribution in [0.4, 0.5) is 0 Å². The van der Waals surface area contributed by atoms with Gasteiger partial charge in [0.15, 0.2) is 0 Å². The zero-order valence-corrected chi connectivity index (χ0v) is 19.1. The number of terminal acetylenes is 1. The van der Waals surface area contributed by atoms with Crippen molar-refractivity contribution in [3.63, 3.8) is 0 Å². The second-order valence-corrected chi connectivity index (χ2v) is 8.34. The number of carbonyl (C=O) groups is 1. The first-order chi connectivity index (χ1) is 15.2. The number of aliphatic hydroxyl groups is 1. The Balaban J connectivity index is 0.00000176. The van der Waals surface area contributed by atoms with Gasteiger partial charge in [-0.2, -0.15) is 4.98 Å². The van der Waals surface area contributed by atoms with Crippen LogP contribution in [0.1, 0.15) is 57.9 Å². The van der Waals surface area contributed by atoms with Crippen molar-refractivity contribution in [2.45, 2.75) is 59.5 Å². The molecule has 2 unspecified atom stereocenters. The maximum absolute atomic E-state index is 12.4. The molecule has 2 heterocycles. The van der Waals surface area contributed by atoms with E-state index in [9.17, 15) is 9.59 Å². The summed E-state index contributed by atoms with van der Waals surface area (Å²) in [6.07, 6.45) is 8.50. The number of hydrogen-bond donors (Lipinski definition) is 1. The Morgan fingerprint density at radius 1 is 1.28 bits per heavy atom. The third-order valence-electron chi connectivity index (χ3n) is 4.71. The zero-order valence-electron chi connectivity index (χ0n) is 19.1. The van der Waals surface area contributed by atoms with E-state index in [4.69, 9.17) is 25.7 Å². The Morgan fingerprint density at radius 2 is 1.94 bits per heavy atom. The van der Waals surface area contributed by atoms with Crippen LogP contribution in [0.3, 0.4) is 0 Å². The number of hydrogen-bond acceptors (Lipinski definition) is 7. The normalized spacial score (nSPS) is 17.7. The summed E-state index contributed by atoms with van der Waals surface area (Å²) in [4.78, 5) is 28.4. The largest absolute Gasteiger partial charge is 0.472 e. The molecule has 1 aliphatic heterocycles. The Labute approximate surface area is 188 Å². The molecule has 1 N–H and O–H groups in total. The van der Waals surface area contributed by atoms with Crippen LogP contribution in [-0.2, 0) is 16.1 Å². The van der Waals surface area contributed by atoms with Crippen molar-refractivity contribution in [3.8, 4) is 24.0 Å². The molecule has 2 aromatic rings. The minimum atomic E-state index is -0.582. The van der Waals surface area contributed by atoms with Gasteiger partial charge in [-0.15, -0.1) is 6.42 Å². The van der Waals surface area contributed by atoms with E-state index in [2.05, 4.69) is 10.9 Å². The molecule has 1 saturated heterocycles. The number of carbonyl (C=O) groups excluding carboxylic acids is 1. The van der Waals surface area contributed by atoms with E-state index in [1.807, 2.05) is 6.92 Å². The molecule has 1 aromatic heterocycles. The number of nitrogens with zero attached hydrogens (tertiary/aromatic N) is 2. The number of esters is 1. The molecule has 1 aromatic carbocycles. The first-order valence-electron chi connectivity index (χ1n) is 10.3. The summed E-state index contributed by atoms with van der Waals surface area (Å²) in [5.74, 6) is 2.77. The van der Waals surface area contributed by atoms with Crippen LogP contribution < -0.4 is 15.2 Å². The van der Waals surface area contributed by atoms with Crippen molar-refractivity contribution >= 4 is 5.97 Å². The van der Waals surface area contributed by atoms with Gasteiger partial charge in [-0.1, -0.05) is 18.1 Å². The maximum Gasteiger partial charge on any atom is 0.353 e. The highest BCUT2D eigenvalue weighted by atomic mass is 16.5. The van der Waals surface area contributed by atoms with Gasteiger partial charge in [0.2, 0.25) is 5.88 Å². The van der Waals surface area contributed by atoms with Crippen molar-refractivity contribution in [3.05, 3.63) is 52.1 Å². The van der Waals surface area contributed by atoms with Gasteiger partial charge in [0, 0.05) is 13.3 Å². The number of benzene rings is 1. The van der Waals surface area contributed by atoms with Gasteiger partial charge in [-0.3, -0.25) is 9.36 Å². The number of aliphatic hydroxyl groups excluding tert-OH is 1. The van der Waals surface area contributed by atoms with Crippen molar-refractivity contribution in [1.82, 2.24) is 9.55 Å². The summed E-state index contributed by atoms with van der Waals surface area (Å²) in [6, 6.07) is 6.93. The van der Waals surface area contributed by atoms with Crippen LogP contribution in [0.15, 0.2) is 35.3 Å². The summed E-state index contributed by atoms with van der Waals surface area (Å²) >= 11 is 0. The fraction of sp³-hybridized carbons (Fsp3) is 0.458. The van der Waals surface area contributed by atoms with Gasteiger partial charge in [-0.25, -0.2) is 4.79 Å². The van der Waals surface area contributed by atoms with Crippen molar-refractivity contribution in [2.75, 3.05) is 7.11 Å². The molecule has 1 aliphatic rings. The second kappa shape index (κ2) is 10.9. The van der Waals surface area contributed by atoms with Gasteiger partial charge in [0.05, 0.1) is 11.5 Å². The van der Waals surface area contributed by atoms with Gasteiger partial charge in [-0.05, 0) is 58.2 Å². The Morgan fingerprint density at radius 3 is 2.47 bits per heavy atom. The molecule has 8 nitrogen and oxygen atoms in total. The predicted octanol–water partition coefficient (Wildman–Crippen LogP) is 3.06. The van der Waals surface area contributed by atoms with E-state index in [1.54, 1.807) is 51.2 Å². The van der Waals surface area contributed by atoms with Crippen molar-refractivity contribution in [1.29, 1.82) is 0 Å². The fourth-order valence-corrected chi connectivity index (χ4v) is 2.92. The molecule has 0 amide bonds. The quantitative estimate of drug-likeness (QED) is 0.432. The number of ether oxygens (including phenoxy) is 3. The van der Waals surface area contributed by atoms with E-state index in [0.29, 0.717) is 11.3 Å². The van der Waals surface area contributed by atoms with E-state index >= 15 is 0 Å². The third-order valence-corrected chi connectivity index (χ3v) is 4.71. The lowest BCUT2D eigenvalue weighted by Crippen LogP contribution is -2.28. The zero-order chi connectivity index (χ0) is 23.9. The molecular weight excluding hydrogens is 412 g/mol. The van der Waals surface area contributed by atoms with Crippen LogP contribution in [0, 0.1) is 17.8 Å². The lowest BCUT2D eigenvalue weighted by molar-refractivity contribution is -0.143. The molecule has 0 saturated carbocycles. The van der Waals surface area contributed by atoms with Crippen molar-refractivity contribution in [2.24, 2.45) is 5.41 Å². The minimum Gasteiger partial charge on any atom is -0.472 e. The Kier molecular flexibility index (Phi) is 8.58. The van der Waals surface area contributed by atoms with Gasteiger partial charge in [0.25, 0.3) is 0 Å². The lowest BCUT2D eigenvalue weighted by atomic mass is 9.97. The first kappa shape index (κ1) is 25.1. The highest BCUT2D eigenvalue weighted by molar-refractivity contribution is 5.77. The molecule has 3 rings (SSSR count). The van der Waals surface area contributed by atoms with Crippen LogP contribution in [0.25, 0.3) is 0 Å². The molecule has 0 radical (unpaired) electrons. The highest BCUT2D eigenvalue weighted by Gasteiger charge is 2.25. The Hall–Kier alpha value is -3.15. The Bertz CT molecular complexity index is 1010. The SMILES string of the molecule is C#Cc1cn(C2CCC(C)O2)c(=O)nc1OCc1ccc(OC(=O)C(C)(C)C)cc1.CO. The van der Waals surface area contributed by atoms with Crippen LogP contribution in [0.2, 0.25) is 0 Å². The van der Waals surface area contributed by atoms with Crippen LogP contribution in [-0.4, -0.2) is 33.8 Å². The predicted molar refractivity (Wildman–Crippen MR) is 119 cm³/mol. The summed E-state index contributed by atoms with van der Waals surface area (Å²) in [7, 11) is 1.00. The van der Waals surface area contributed by atoms with Gasteiger partial charge >= 0.3 is 11.7 Å². The van der Waals surface area contributed by atoms with Crippen LogP contribution >= 0.6 is 0 Å². The number of aromatic nitrogens is 2. The summed E-state index contributed by atoms with van der Waals surface area (Å²) in [6.45, 7) is 7.51. The second-order valence-electron chi connectivity index (χ2n) is 8.34. The first-order valence-corrected chi connectivity index (χ1v) is 10.3. The van der Waals surface area contributed by atoms with Crippen LogP contribution in [0.5, 0.6) is 11.6 Å².